The molecular formula is C20H21F3N6O2S. The van der Waals surface area contributed by atoms with Gasteiger partial charge < -0.3 is 10.1 Å². The van der Waals surface area contributed by atoms with Crippen LogP contribution in [0.15, 0.2) is 36.7 Å². The van der Waals surface area contributed by atoms with E-state index in [9.17, 15) is 18.0 Å². The normalized spacial score (nSPS) is 15.8. The van der Waals surface area contributed by atoms with Crippen LogP contribution in [0.5, 0.6) is 5.88 Å². The van der Waals surface area contributed by atoms with Crippen LogP contribution in [0.2, 0.25) is 0 Å². The van der Waals surface area contributed by atoms with Crippen LogP contribution in [0.25, 0.3) is 11.1 Å². The fourth-order valence-electron chi connectivity index (χ4n) is 3.56. The predicted octanol–water partition coefficient (Wildman–Crippen LogP) is 3.74. The molecule has 12 heteroatoms. The first-order valence-electron chi connectivity index (χ1n) is 9.40. The van der Waals surface area contributed by atoms with Crippen LogP contribution in [0.3, 0.4) is 0 Å². The molecule has 32 heavy (non-hydrogen) atoms. The first kappa shape index (κ1) is 23.4. The SMILES string of the molecule is CNc1cc(-c2cnn3c2C(=O)N(c2ccc(C(F)(F)F)c(OC)n2)C[C@@H]3C)ccn1.S. The molecule has 0 saturated carbocycles. The maximum absolute atomic E-state index is 13.4. The third-order valence-electron chi connectivity index (χ3n) is 5.06. The number of carbonyl (C=O) groups is 1. The van der Waals surface area contributed by atoms with Crippen molar-refractivity contribution in [3.8, 4) is 17.0 Å². The Balaban J connectivity index is 0.00000289. The minimum absolute atomic E-state index is 0. The second-order valence-electron chi connectivity index (χ2n) is 7.02. The van der Waals surface area contributed by atoms with Gasteiger partial charge in [0.05, 0.1) is 19.3 Å². The number of ether oxygens (including phenoxy) is 1. The molecule has 0 saturated heterocycles. The van der Waals surface area contributed by atoms with Crippen molar-refractivity contribution in [3.05, 3.63) is 47.9 Å². The molecule has 1 N–H and O–H groups in total. The van der Waals surface area contributed by atoms with Gasteiger partial charge in [-0.25, -0.2) is 4.98 Å². The first-order chi connectivity index (χ1) is 14.7. The highest BCUT2D eigenvalue weighted by Gasteiger charge is 2.38. The lowest BCUT2D eigenvalue weighted by atomic mass is 10.0. The Bertz CT molecular complexity index is 1150. The summed E-state index contributed by atoms with van der Waals surface area (Å²) in [5.41, 5.74) is 0.659. The number of nitrogens with one attached hydrogen (secondary N) is 1. The van der Waals surface area contributed by atoms with Crippen molar-refractivity contribution in [1.82, 2.24) is 19.7 Å². The number of pyridine rings is 2. The number of alkyl halides is 3. The Labute approximate surface area is 188 Å². The van der Waals surface area contributed by atoms with Crippen molar-refractivity contribution >= 4 is 31.0 Å². The van der Waals surface area contributed by atoms with Crippen LogP contribution in [0.4, 0.5) is 24.8 Å². The van der Waals surface area contributed by atoms with E-state index in [4.69, 9.17) is 4.74 Å². The van der Waals surface area contributed by atoms with Crippen LogP contribution >= 0.6 is 13.5 Å². The van der Waals surface area contributed by atoms with Gasteiger partial charge in [-0.05, 0) is 36.8 Å². The number of hydrogen-bond acceptors (Lipinski definition) is 6. The number of rotatable bonds is 4. The van der Waals surface area contributed by atoms with Gasteiger partial charge in [-0.2, -0.15) is 36.7 Å². The topological polar surface area (TPSA) is 85.2 Å². The van der Waals surface area contributed by atoms with Crippen LogP contribution in [0, 0.1) is 0 Å². The molecule has 1 amide bonds. The average molecular weight is 466 g/mol. The van der Waals surface area contributed by atoms with Gasteiger partial charge in [0.2, 0.25) is 5.88 Å². The first-order valence-corrected chi connectivity index (χ1v) is 9.40. The van der Waals surface area contributed by atoms with E-state index in [2.05, 4.69) is 20.4 Å². The van der Waals surface area contributed by atoms with E-state index >= 15 is 0 Å². The van der Waals surface area contributed by atoms with E-state index in [1.165, 1.54) is 11.0 Å². The number of nitrogens with zero attached hydrogens (tertiary/aromatic N) is 5. The summed E-state index contributed by atoms with van der Waals surface area (Å²) in [4.78, 5) is 22.9. The molecule has 3 aromatic heterocycles. The predicted molar refractivity (Wildman–Crippen MR) is 118 cm³/mol. The van der Waals surface area contributed by atoms with E-state index < -0.39 is 23.5 Å². The number of anilines is 2. The standard InChI is InChI=1S/C20H19F3N6O2.H2S/c1-11-10-28(16-5-4-14(20(21,22)23)18(27-16)31-3)19(30)17-13(9-26-29(11)17)12-6-7-25-15(8-12)24-2;/h4-9,11H,10H2,1-3H3,(H,24,25);1H2/t11-;/m0./s1. The lowest BCUT2D eigenvalue weighted by molar-refractivity contribution is -0.139. The number of hydrogen-bond donors (Lipinski definition) is 1. The van der Waals surface area contributed by atoms with E-state index in [1.54, 1.807) is 36.3 Å². The van der Waals surface area contributed by atoms with Crippen LogP contribution in [-0.4, -0.2) is 46.4 Å². The zero-order chi connectivity index (χ0) is 22.3. The highest BCUT2D eigenvalue weighted by molar-refractivity contribution is 7.59. The summed E-state index contributed by atoms with van der Waals surface area (Å²) in [5.74, 6) is -0.300. The number of amides is 1. The zero-order valence-corrected chi connectivity index (χ0v) is 18.4. The molecule has 3 aromatic rings. The molecule has 1 aliphatic rings. The summed E-state index contributed by atoms with van der Waals surface area (Å²) in [6.07, 6.45) is -1.40. The van der Waals surface area contributed by atoms with Crippen LogP contribution < -0.4 is 15.0 Å². The summed E-state index contributed by atoms with van der Waals surface area (Å²) < 4.78 is 46.0. The lowest BCUT2D eigenvalue weighted by Gasteiger charge is -2.32. The number of halogens is 3. The maximum Gasteiger partial charge on any atom is 0.421 e. The van der Waals surface area contributed by atoms with Gasteiger partial charge >= 0.3 is 6.18 Å². The second-order valence-corrected chi connectivity index (χ2v) is 7.02. The molecule has 4 heterocycles. The van der Waals surface area contributed by atoms with Gasteiger partial charge in [-0.15, -0.1) is 0 Å². The number of fused-ring (bicyclic) bond motifs is 1. The highest BCUT2D eigenvalue weighted by atomic mass is 32.1. The molecule has 0 radical (unpaired) electrons. The second kappa shape index (κ2) is 8.69. The van der Waals surface area contributed by atoms with Crippen molar-refractivity contribution in [3.63, 3.8) is 0 Å². The molecule has 4 rings (SSSR count). The minimum Gasteiger partial charge on any atom is -0.481 e. The van der Waals surface area contributed by atoms with Gasteiger partial charge in [0.15, 0.2) is 0 Å². The smallest absolute Gasteiger partial charge is 0.421 e. The third kappa shape index (κ3) is 3.97. The lowest BCUT2D eigenvalue weighted by Crippen LogP contribution is -2.43. The Kier molecular flexibility index (Phi) is 6.35. The Hall–Kier alpha value is -3.28. The molecule has 8 nitrogen and oxygen atoms in total. The molecule has 0 aliphatic carbocycles. The van der Waals surface area contributed by atoms with Gasteiger partial charge in [0, 0.05) is 25.4 Å². The minimum atomic E-state index is -4.62. The van der Waals surface area contributed by atoms with Crippen LogP contribution in [-0.2, 0) is 6.18 Å². The zero-order valence-electron chi connectivity index (χ0n) is 17.4. The summed E-state index contributed by atoms with van der Waals surface area (Å²) in [7, 11) is 2.84. The summed E-state index contributed by atoms with van der Waals surface area (Å²) in [6, 6.07) is 5.37. The molecule has 1 atom stereocenters. The average Bonchev–Trinajstić information content (AvgIpc) is 3.21. The van der Waals surface area contributed by atoms with E-state index in [0.717, 1.165) is 18.7 Å². The summed E-state index contributed by atoms with van der Waals surface area (Å²) in [6.45, 7) is 2.07. The highest BCUT2D eigenvalue weighted by Crippen LogP contribution is 2.38. The Morgan fingerprint density at radius 1 is 1.25 bits per heavy atom. The summed E-state index contributed by atoms with van der Waals surface area (Å²) in [5, 5.41) is 7.31. The van der Waals surface area contributed by atoms with Crippen molar-refractivity contribution in [2.45, 2.75) is 19.1 Å². The van der Waals surface area contributed by atoms with Crippen molar-refractivity contribution in [2.24, 2.45) is 0 Å². The third-order valence-corrected chi connectivity index (χ3v) is 5.06. The van der Waals surface area contributed by atoms with E-state index in [0.29, 0.717) is 17.1 Å². The van der Waals surface area contributed by atoms with Gasteiger partial charge in [-0.3, -0.25) is 14.4 Å². The quantitative estimate of drug-likeness (QED) is 0.631. The Morgan fingerprint density at radius 2 is 2.00 bits per heavy atom. The number of aromatic nitrogens is 4. The van der Waals surface area contributed by atoms with Crippen LogP contribution in [0.1, 0.15) is 29.0 Å². The van der Waals surface area contributed by atoms with E-state index in [-0.39, 0.29) is 31.9 Å². The molecule has 0 spiro atoms. The summed E-state index contributed by atoms with van der Waals surface area (Å²) >= 11 is 0. The van der Waals surface area contributed by atoms with Gasteiger partial charge in [0.25, 0.3) is 5.91 Å². The molecule has 0 fully saturated rings. The molecule has 0 unspecified atom stereocenters. The largest absolute Gasteiger partial charge is 0.481 e. The fraction of sp³-hybridized carbons (Fsp3) is 0.300. The molecule has 0 aromatic carbocycles. The monoisotopic (exact) mass is 466 g/mol. The number of carbonyl (C=O) groups excluding carboxylic acids is 1. The Morgan fingerprint density at radius 3 is 2.66 bits per heavy atom. The molecule has 1 aliphatic heterocycles. The maximum atomic E-state index is 13.4. The van der Waals surface area contributed by atoms with Gasteiger partial charge in [-0.1, -0.05) is 0 Å². The molecule has 0 bridgehead atoms. The van der Waals surface area contributed by atoms with Crippen molar-refractivity contribution < 1.29 is 22.7 Å². The van der Waals surface area contributed by atoms with Gasteiger partial charge in [0.1, 0.15) is 22.9 Å². The van der Waals surface area contributed by atoms with E-state index in [1.807, 2.05) is 6.92 Å². The van der Waals surface area contributed by atoms with Crippen molar-refractivity contribution in [1.29, 1.82) is 0 Å². The molecular weight excluding hydrogens is 445 g/mol. The van der Waals surface area contributed by atoms with Crippen molar-refractivity contribution in [2.75, 3.05) is 30.9 Å². The number of methoxy groups -OCH3 is 1. The molecule has 170 valence electrons. The fourth-order valence-corrected chi connectivity index (χ4v) is 3.56.